The van der Waals surface area contributed by atoms with Crippen LogP contribution in [0.25, 0.3) is 17.4 Å². The molecule has 1 atom stereocenters. The maximum Gasteiger partial charge on any atom is 0.135 e. The van der Waals surface area contributed by atoms with E-state index in [-0.39, 0.29) is 16.9 Å². The molecule has 0 saturated heterocycles. The van der Waals surface area contributed by atoms with Crippen LogP contribution in [-0.4, -0.2) is 11.2 Å². The maximum atomic E-state index is 10.5. The van der Waals surface area contributed by atoms with Gasteiger partial charge in [0.25, 0.3) is 0 Å². The lowest BCUT2D eigenvalue weighted by molar-refractivity contribution is 0.0560. The molecule has 0 aliphatic heterocycles. The minimum Gasteiger partial charge on any atom is -0.457 e. The van der Waals surface area contributed by atoms with Crippen molar-refractivity contribution in [2.45, 2.75) is 85.7 Å². The normalized spacial score (nSPS) is 13.2. The van der Waals surface area contributed by atoms with Crippen molar-refractivity contribution in [1.29, 1.82) is 0 Å². The van der Waals surface area contributed by atoms with Crippen molar-refractivity contribution in [3.63, 3.8) is 0 Å². The first-order valence-electron chi connectivity index (χ1n) is 12.6. The number of benzene rings is 2. The van der Waals surface area contributed by atoms with Crippen molar-refractivity contribution >= 4 is 6.08 Å². The molecule has 1 aromatic heterocycles. The van der Waals surface area contributed by atoms with E-state index in [1.165, 1.54) is 33.9 Å². The van der Waals surface area contributed by atoms with E-state index < -0.39 is 0 Å². The summed E-state index contributed by atoms with van der Waals surface area (Å²) in [5.41, 5.74) is 7.50. The second kappa shape index (κ2) is 10.4. The molecule has 3 rings (SSSR count). The van der Waals surface area contributed by atoms with Gasteiger partial charge in [0.15, 0.2) is 0 Å². The lowest BCUT2D eigenvalue weighted by Gasteiger charge is -2.34. The van der Waals surface area contributed by atoms with E-state index in [4.69, 9.17) is 11.0 Å². The summed E-state index contributed by atoms with van der Waals surface area (Å²) in [6.45, 7) is 20.8. The van der Waals surface area contributed by atoms with E-state index in [2.05, 4.69) is 84.9 Å². The van der Waals surface area contributed by atoms with Gasteiger partial charge in [0.05, 0.1) is 6.10 Å². The van der Waals surface area contributed by atoms with E-state index in [1.807, 2.05) is 12.1 Å². The lowest BCUT2D eigenvalue weighted by atomic mass is 9.69. The Morgan fingerprint density at radius 2 is 1.53 bits per heavy atom. The number of hydrogen-bond acceptors (Lipinski definition) is 2. The Labute approximate surface area is 206 Å². The number of aliphatic hydroxyl groups excluding tert-OH is 1. The molecule has 0 saturated carbocycles. The molecule has 2 nitrogen and oxygen atoms in total. The van der Waals surface area contributed by atoms with Crippen LogP contribution in [0.5, 0.6) is 0 Å². The second-order valence-electron chi connectivity index (χ2n) is 10.7. The highest BCUT2D eigenvalue weighted by molar-refractivity contribution is 5.65. The zero-order chi connectivity index (χ0) is 25.1. The van der Waals surface area contributed by atoms with Gasteiger partial charge in [-0.2, -0.15) is 0 Å². The van der Waals surface area contributed by atoms with E-state index >= 15 is 0 Å². The summed E-state index contributed by atoms with van der Waals surface area (Å²) in [6.07, 6.45) is 4.92. The van der Waals surface area contributed by atoms with Crippen LogP contribution in [-0.2, 0) is 11.8 Å². The summed E-state index contributed by atoms with van der Waals surface area (Å²) >= 11 is 0. The van der Waals surface area contributed by atoms with Gasteiger partial charge in [-0.15, -0.1) is 0 Å². The second-order valence-corrected chi connectivity index (χ2v) is 10.7. The van der Waals surface area contributed by atoms with Crippen molar-refractivity contribution in [2.24, 2.45) is 5.41 Å². The quantitative estimate of drug-likeness (QED) is 0.349. The smallest absolute Gasteiger partial charge is 0.135 e. The standard InChI is InChI=1S/C32H41O2/c1-9-27-16-18-29(34-27)28-17-15-26(21-23(28)5)32(10-2,11-3)25-14-12-24(22(4)20-25)13-19-30(33)31(6,7)8/h1,9,12,14-18,20-21,30,33H,10-11,13,19H2,2-8H3. The van der Waals surface area contributed by atoms with Crippen molar-refractivity contribution in [3.8, 4) is 11.3 Å². The minimum absolute atomic E-state index is 0.0448. The number of hydrogen-bond donors (Lipinski definition) is 1. The summed E-state index contributed by atoms with van der Waals surface area (Å²) in [7, 11) is 0. The number of rotatable bonds is 9. The predicted octanol–water partition coefficient (Wildman–Crippen LogP) is 8.46. The molecule has 3 aromatic rings. The number of furan rings is 1. The number of aliphatic hydroxyl groups is 1. The zero-order valence-corrected chi connectivity index (χ0v) is 22.0. The average molecular weight is 458 g/mol. The fourth-order valence-corrected chi connectivity index (χ4v) is 5.06. The van der Waals surface area contributed by atoms with E-state index in [0.717, 1.165) is 37.0 Å². The molecular weight excluding hydrogens is 416 g/mol. The molecule has 0 amide bonds. The van der Waals surface area contributed by atoms with Crippen molar-refractivity contribution in [2.75, 3.05) is 0 Å². The molecule has 0 aliphatic rings. The van der Waals surface area contributed by atoms with E-state index in [0.29, 0.717) is 5.76 Å². The molecule has 1 radical (unpaired) electrons. The Bertz CT molecular complexity index is 1120. The van der Waals surface area contributed by atoms with Crippen LogP contribution in [0.4, 0.5) is 0 Å². The monoisotopic (exact) mass is 457 g/mol. The van der Waals surface area contributed by atoms with Crippen LogP contribution in [0.15, 0.2) is 52.9 Å². The maximum absolute atomic E-state index is 10.5. The highest BCUT2D eigenvalue weighted by Gasteiger charge is 2.31. The van der Waals surface area contributed by atoms with Gasteiger partial charge in [0.2, 0.25) is 0 Å². The summed E-state index contributed by atoms with van der Waals surface area (Å²) in [5, 5.41) is 10.5. The fourth-order valence-electron chi connectivity index (χ4n) is 5.06. The van der Waals surface area contributed by atoms with Gasteiger partial charge in [0, 0.05) is 11.0 Å². The molecule has 2 heteroatoms. The first-order valence-corrected chi connectivity index (χ1v) is 12.6. The van der Waals surface area contributed by atoms with Crippen LogP contribution >= 0.6 is 0 Å². The zero-order valence-electron chi connectivity index (χ0n) is 22.0. The van der Waals surface area contributed by atoms with Gasteiger partial charge in [-0.05, 0) is 91.0 Å². The topological polar surface area (TPSA) is 33.4 Å². The summed E-state index contributed by atoms with van der Waals surface area (Å²) < 4.78 is 5.85. The van der Waals surface area contributed by atoms with Crippen molar-refractivity contribution in [3.05, 3.63) is 88.7 Å². The molecule has 0 spiro atoms. The largest absolute Gasteiger partial charge is 0.457 e. The molecule has 0 aliphatic carbocycles. The number of aryl methyl sites for hydroxylation is 3. The Balaban J connectivity index is 1.93. The molecule has 1 heterocycles. The van der Waals surface area contributed by atoms with Gasteiger partial charge < -0.3 is 9.52 Å². The first kappa shape index (κ1) is 26.0. The molecule has 2 aromatic carbocycles. The highest BCUT2D eigenvalue weighted by atomic mass is 16.3. The summed E-state index contributed by atoms with van der Waals surface area (Å²) in [6, 6.07) is 17.6. The predicted molar refractivity (Wildman–Crippen MR) is 144 cm³/mol. The highest BCUT2D eigenvalue weighted by Crippen LogP contribution is 2.41. The summed E-state index contributed by atoms with van der Waals surface area (Å²) in [4.78, 5) is 0. The van der Waals surface area contributed by atoms with Gasteiger partial charge in [-0.3, -0.25) is 0 Å². The van der Waals surface area contributed by atoms with Gasteiger partial charge in [0.1, 0.15) is 11.5 Å². The van der Waals surface area contributed by atoms with Crippen LogP contribution in [0.3, 0.4) is 0 Å². The molecule has 181 valence electrons. The van der Waals surface area contributed by atoms with Crippen molar-refractivity contribution in [1.82, 2.24) is 0 Å². The molecule has 34 heavy (non-hydrogen) atoms. The third-order valence-corrected chi connectivity index (χ3v) is 7.62. The first-order chi connectivity index (χ1) is 16.1. The van der Waals surface area contributed by atoms with E-state index in [1.54, 1.807) is 0 Å². The van der Waals surface area contributed by atoms with Crippen LogP contribution in [0.1, 0.15) is 87.5 Å². The Morgan fingerprint density at radius 1 is 0.912 bits per heavy atom. The molecule has 1 unspecified atom stereocenters. The molecular formula is C32H41O2. The Morgan fingerprint density at radius 3 is 2.03 bits per heavy atom. The summed E-state index contributed by atoms with van der Waals surface area (Å²) in [5.74, 6) is 1.53. The fraction of sp³-hybridized carbons (Fsp3) is 0.438. The SMILES string of the molecule is [CH]=Cc1ccc(-c2ccc(C(CC)(CC)c3ccc(CCC(O)C(C)(C)C)c(C)c3)cc2C)o1. The molecule has 0 bridgehead atoms. The Kier molecular flexibility index (Phi) is 7.93. The van der Waals surface area contributed by atoms with Gasteiger partial charge >= 0.3 is 0 Å². The van der Waals surface area contributed by atoms with Crippen LogP contribution in [0.2, 0.25) is 0 Å². The van der Waals surface area contributed by atoms with Gasteiger partial charge in [-0.25, -0.2) is 0 Å². The average Bonchev–Trinajstić information content (AvgIpc) is 3.28. The third kappa shape index (κ3) is 5.23. The van der Waals surface area contributed by atoms with Crippen LogP contribution in [0, 0.1) is 25.8 Å². The Hall–Kier alpha value is -2.58. The minimum atomic E-state index is -0.300. The van der Waals surface area contributed by atoms with Gasteiger partial charge in [-0.1, -0.05) is 77.6 Å². The third-order valence-electron chi connectivity index (χ3n) is 7.62. The molecule has 0 fully saturated rings. The van der Waals surface area contributed by atoms with Crippen molar-refractivity contribution < 1.29 is 9.52 Å². The van der Waals surface area contributed by atoms with Crippen LogP contribution < -0.4 is 0 Å². The van der Waals surface area contributed by atoms with E-state index in [9.17, 15) is 5.11 Å². The molecule has 1 N–H and O–H groups in total. The lowest BCUT2D eigenvalue weighted by Crippen LogP contribution is -2.27.